The van der Waals surface area contributed by atoms with Crippen LogP contribution in [0.2, 0.25) is 0 Å². The van der Waals surface area contributed by atoms with Gasteiger partial charge >= 0.3 is 0 Å². The highest BCUT2D eigenvalue weighted by molar-refractivity contribution is 5.92. The maximum absolute atomic E-state index is 12.9. The number of nitrogens with two attached hydrogens (primary N) is 1. The fourth-order valence-electron chi connectivity index (χ4n) is 1.52. The molecule has 3 N–H and O–H groups in total. The Morgan fingerprint density at radius 3 is 2.65 bits per heavy atom. The average Bonchev–Trinajstić information content (AvgIpc) is 2.30. The van der Waals surface area contributed by atoms with E-state index in [0.29, 0.717) is 6.42 Å². The van der Waals surface area contributed by atoms with Gasteiger partial charge in [0, 0.05) is 18.3 Å². The van der Waals surface area contributed by atoms with Gasteiger partial charge in [-0.25, -0.2) is 8.78 Å². The highest BCUT2D eigenvalue weighted by Gasteiger charge is 2.16. The summed E-state index contributed by atoms with van der Waals surface area (Å²) in [6.45, 7) is 2.19. The molecule has 0 bridgehead atoms. The van der Waals surface area contributed by atoms with Gasteiger partial charge in [0.25, 0.3) is 0 Å². The van der Waals surface area contributed by atoms with Crippen molar-refractivity contribution in [3.05, 3.63) is 29.8 Å². The second kappa shape index (κ2) is 6.30. The molecular weight excluding hydrogens is 226 g/mol. The summed E-state index contributed by atoms with van der Waals surface area (Å²) in [6, 6.07) is 3.24. The lowest BCUT2D eigenvalue weighted by Gasteiger charge is -2.13. The van der Waals surface area contributed by atoms with Crippen LogP contribution in [0.25, 0.3) is 0 Å². The Labute approximate surface area is 99.0 Å². The first-order valence-corrected chi connectivity index (χ1v) is 5.54. The van der Waals surface area contributed by atoms with E-state index in [-0.39, 0.29) is 24.1 Å². The Kier molecular flexibility index (Phi) is 5.03. The van der Waals surface area contributed by atoms with Crippen LogP contribution in [-0.2, 0) is 4.79 Å². The molecule has 0 saturated carbocycles. The van der Waals surface area contributed by atoms with Crippen LogP contribution in [0.3, 0.4) is 0 Å². The van der Waals surface area contributed by atoms with Crippen molar-refractivity contribution in [2.24, 2.45) is 11.7 Å². The lowest BCUT2D eigenvalue weighted by molar-refractivity contribution is -0.119. The maximum Gasteiger partial charge on any atom is 0.228 e. The molecule has 3 nitrogen and oxygen atoms in total. The number of hydrogen-bond acceptors (Lipinski definition) is 2. The standard InChI is InChI=1S/C12H16F2N2O/c1-2-3-8(7-15)12(17)16-9-4-5-10(13)11(14)6-9/h4-6,8H,2-3,7,15H2,1H3,(H,16,17). The first kappa shape index (κ1) is 13.6. The summed E-state index contributed by atoms with van der Waals surface area (Å²) >= 11 is 0. The molecule has 0 aliphatic carbocycles. The van der Waals surface area contributed by atoms with Gasteiger partial charge < -0.3 is 11.1 Å². The van der Waals surface area contributed by atoms with Crippen molar-refractivity contribution in [2.45, 2.75) is 19.8 Å². The van der Waals surface area contributed by atoms with E-state index in [4.69, 9.17) is 5.73 Å². The second-order valence-corrected chi connectivity index (χ2v) is 3.84. The van der Waals surface area contributed by atoms with Gasteiger partial charge in [0.1, 0.15) is 0 Å². The van der Waals surface area contributed by atoms with Crippen molar-refractivity contribution in [2.75, 3.05) is 11.9 Å². The summed E-state index contributed by atoms with van der Waals surface area (Å²) in [5.41, 5.74) is 5.71. The summed E-state index contributed by atoms with van der Waals surface area (Å²) in [5, 5.41) is 2.52. The zero-order valence-corrected chi connectivity index (χ0v) is 9.67. The molecule has 1 amide bonds. The molecule has 1 aromatic rings. The van der Waals surface area contributed by atoms with Gasteiger partial charge in [-0.15, -0.1) is 0 Å². The SMILES string of the molecule is CCCC(CN)C(=O)Nc1ccc(F)c(F)c1. The monoisotopic (exact) mass is 242 g/mol. The Hall–Kier alpha value is -1.49. The molecule has 0 spiro atoms. The highest BCUT2D eigenvalue weighted by Crippen LogP contribution is 2.15. The van der Waals surface area contributed by atoms with Gasteiger partial charge in [0.05, 0.1) is 5.92 Å². The Morgan fingerprint density at radius 2 is 2.12 bits per heavy atom. The van der Waals surface area contributed by atoms with Crippen LogP contribution in [0.5, 0.6) is 0 Å². The van der Waals surface area contributed by atoms with Gasteiger partial charge in [-0.05, 0) is 18.6 Å². The number of rotatable bonds is 5. The third-order valence-corrected chi connectivity index (χ3v) is 2.48. The van der Waals surface area contributed by atoms with Crippen LogP contribution in [0, 0.1) is 17.6 Å². The second-order valence-electron chi connectivity index (χ2n) is 3.84. The molecule has 0 heterocycles. The van der Waals surface area contributed by atoms with Crippen LogP contribution >= 0.6 is 0 Å². The number of amides is 1. The van der Waals surface area contributed by atoms with E-state index in [1.54, 1.807) is 0 Å². The van der Waals surface area contributed by atoms with Gasteiger partial charge in [-0.3, -0.25) is 4.79 Å². The highest BCUT2D eigenvalue weighted by atomic mass is 19.2. The molecular formula is C12H16F2N2O. The van der Waals surface area contributed by atoms with Crippen molar-refractivity contribution >= 4 is 11.6 Å². The molecule has 1 rings (SSSR count). The van der Waals surface area contributed by atoms with E-state index in [2.05, 4.69) is 5.32 Å². The number of nitrogens with one attached hydrogen (secondary N) is 1. The van der Waals surface area contributed by atoms with Crippen LogP contribution in [0.1, 0.15) is 19.8 Å². The van der Waals surface area contributed by atoms with Crippen molar-refractivity contribution in [1.29, 1.82) is 0 Å². The molecule has 1 unspecified atom stereocenters. The molecule has 17 heavy (non-hydrogen) atoms. The van der Waals surface area contributed by atoms with Crippen molar-refractivity contribution in [3.63, 3.8) is 0 Å². The predicted octanol–water partition coefficient (Wildman–Crippen LogP) is 2.28. The van der Waals surface area contributed by atoms with E-state index in [9.17, 15) is 13.6 Å². The molecule has 5 heteroatoms. The van der Waals surface area contributed by atoms with E-state index in [1.807, 2.05) is 6.92 Å². The Balaban J connectivity index is 2.69. The van der Waals surface area contributed by atoms with E-state index < -0.39 is 11.6 Å². The molecule has 0 aromatic heterocycles. The van der Waals surface area contributed by atoms with Crippen LogP contribution in [0.15, 0.2) is 18.2 Å². The van der Waals surface area contributed by atoms with Crippen LogP contribution in [-0.4, -0.2) is 12.5 Å². The predicted molar refractivity (Wildman–Crippen MR) is 62.4 cm³/mol. The summed E-state index contributed by atoms with van der Waals surface area (Å²) < 4.78 is 25.6. The quantitative estimate of drug-likeness (QED) is 0.832. The lowest BCUT2D eigenvalue weighted by Crippen LogP contribution is -2.29. The number of carbonyl (C=O) groups is 1. The molecule has 94 valence electrons. The minimum Gasteiger partial charge on any atom is -0.330 e. The molecule has 0 saturated heterocycles. The minimum absolute atomic E-state index is 0.239. The van der Waals surface area contributed by atoms with Crippen molar-refractivity contribution < 1.29 is 13.6 Å². The molecule has 1 atom stereocenters. The Morgan fingerprint density at radius 1 is 1.41 bits per heavy atom. The number of anilines is 1. The third-order valence-electron chi connectivity index (χ3n) is 2.48. The van der Waals surface area contributed by atoms with Crippen molar-refractivity contribution in [3.8, 4) is 0 Å². The summed E-state index contributed by atoms with van der Waals surface area (Å²) in [6.07, 6.45) is 1.51. The molecule has 0 fully saturated rings. The number of carbonyl (C=O) groups excluding carboxylic acids is 1. The van der Waals surface area contributed by atoms with Gasteiger partial charge in [-0.1, -0.05) is 13.3 Å². The van der Waals surface area contributed by atoms with E-state index in [0.717, 1.165) is 18.6 Å². The maximum atomic E-state index is 12.9. The smallest absolute Gasteiger partial charge is 0.228 e. The molecule has 0 aliphatic heterocycles. The van der Waals surface area contributed by atoms with Crippen LogP contribution < -0.4 is 11.1 Å². The molecule has 0 radical (unpaired) electrons. The summed E-state index contributed by atoms with van der Waals surface area (Å²) in [4.78, 5) is 11.7. The number of benzene rings is 1. The number of hydrogen-bond donors (Lipinski definition) is 2. The fourth-order valence-corrected chi connectivity index (χ4v) is 1.52. The third kappa shape index (κ3) is 3.78. The van der Waals surface area contributed by atoms with Gasteiger partial charge in [-0.2, -0.15) is 0 Å². The van der Waals surface area contributed by atoms with E-state index >= 15 is 0 Å². The number of halogens is 2. The fraction of sp³-hybridized carbons (Fsp3) is 0.417. The van der Waals surface area contributed by atoms with E-state index in [1.165, 1.54) is 6.07 Å². The van der Waals surface area contributed by atoms with Gasteiger partial charge in [0.15, 0.2) is 11.6 Å². The zero-order chi connectivity index (χ0) is 12.8. The van der Waals surface area contributed by atoms with Crippen LogP contribution in [0.4, 0.5) is 14.5 Å². The largest absolute Gasteiger partial charge is 0.330 e. The Bertz CT molecular complexity index is 396. The summed E-state index contributed by atoms with van der Waals surface area (Å²) in [5.74, 6) is -2.48. The topological polar surface area (TPSA) is 55.1 Å². The first-order chi connectivity index (χ1) is 8.08. The molecule has 1 aromatic carbocycles. The first-order valence-electron chi connectivity index (χ1n) is 5.54. The summed E-state index contributed by atoms with van der Waals surface area (Å²) in [7, 11) is 0. The average molecular weight is 242 g/mol. The molecule has 0 aliphatic rings. The zero-order valence-electron chi connectivity index (χ0n) is 9.67. The minimum atomic E-state index is -0.984. The van der Waals surface area contributed by atoms with Gasteiger partial charge in [0.2, 0.25) is 5.91 Å². The van der Waals surface area contributed by atoms with Crippen molar-refractivity contribution in [1.82, 2.24) is 0 Å². The lowest BCUT2D eigenvalue weighted by atomic mass is 10.0. The normalized spacial score (nSPS) is 12.2.